The molecule has 0 spiro atoms. The van der Waals surface area contributed by atoms with Crippen LogP contribution in [0.5, 0.6) is 0 Å². The van der Waals surface area contributed by atoms with Gasteiger partial charge in [0.2, 0.25) is 0 Å². The van der Waals surface area contributed by atoms with Crippen LogP contribution in [0.15, 0.2) is 103 Å². The zero-order chi connectivity index (χ0) is 32.4. The van der Waals surface area contributed by atoms with E-state index in [2.05, 4.69) is 11.8 Å². The largest absolute Gasteiger partial charge is 0.392 e. The van der Waals surface area contributed by atoms with Gasteiger partial charge in [0, 0.05) is 24.1 Å². The van der Waals surface area contributed by atoms with E-state index in [9.17, 15) is 19.8 Å². The van der Waals surface area contributed by atoms with E-state index in [1.54, 1.807) is 24.3 Å². The maximum atomic E-state index is 12.9. The molecule has 6 rings (SSSR count). The van der Waals surface area contributed by atoms with Gasteiger partial charge in [0.15, 0.2) is 6.29 Å². The molecule has 4 aromatic carbocycles. The quantitative estimate of drug-likeness (QED) is 0.216. The summed E-state index contributed by atoms with van der Waals surface area (Å²) in [7, 11) is 2.00. The van der Waals surface area contributed by atoms with Gasteiger partial charge >= 0.3 is 0 Å². The van der Waals surface area contributed by atoms with Crippen molar-refractivity contribution in [1.29, 1.82) is 0 Å². The number of carbonyl (C=O) groups excluding carboxylic acids is 2. The van der Waals surface area contributed by atoms with Crippen LogP contribution in [-0.4, -0.2) is 57.6 Å². The first-order valence-electron chi connectivity index (χ1n) is 15.7. The van der Waals surface area contributed by atoms with Gasteiger partial charge < -0.3 is 19.7 Å². The number of nitrogens with zero attached hydrogens (tertiary/aromatic N) is 2. The minimum atomic E-state index is -0.667. The van der Waals surface area contributed by atoms with Crippen molar-refractivity contribution in [3.05, 3.63) is 142 Å². The molecule has 8 nitrogen and oxygen atoms in total. The third kappa shape index (κ3) is 6.40. The molecule has 6 atom stereocenters. The number of hydrogen-bond acceptors (Lipinski definition) is 7. The topological polar surface area (TPSA) is 99.5 Å². The fourth-order valence-electron chi connectivity index (χ4n) is 6.29. The number of benzene rings is 4. The third-order valence-corrected chi connectivity index (χ3v) is 9.36. The van der Waals surface area contributed by atoms with E-state index in [1.807, 2.05) is 92.8 Å². The van der Waals surface area contributed by atoms with Crippen LogP contribution in [0.3, 0.4) is 0 Å². The van der Waals surface area contributed by atoms with E-state index >= 15 is 0 Å². The Hall–Kier alpha value is -4.18. The van der Waals surface area contributed by atoms with Crippen molar-refractivity contribution >= 4 is 11.8 Å². The summed E-state index contributed by atoms with van der Waals surface area (Å²) in [6, 6.07) is 31.8. The average molecular weight is 621 g/mol. The molecule has 4 aromatic rings. The molecule has 238 valence electrons. The Balaban J connectivity index is 1.21. The molecule has 0 bridgehead atoms. The van der Waals surface area contributed by atoms with Crippen LogP contribution < -0.4 is 0 Å². The van der Waals surface area contributed by atoms with Crippen LogP contribution in [0.25, 0.3) is 0 Å². The zero-order valence-electron chi connectivity index (χ0n) is 26.3. The van der Waals surface area contributed by atoms with Crippen LogP contribution in [-0.2, 0) is 22.6 Å². The van der Waals surface area contributed by atoms with Crippen molar-refractivity contribution in [3.63, 3.8) is 0 Å². The lowest BCUT2D eigenvalue weighted by molar-refractivity contribution is -0.276. The van der Waals surface area contributed by atoms with Crippen molar-refractivity contribution in [2.24, 2.45) is 5.92 Å². The molecular weight excluding hydrogens is 580 g/mol. The van der Waals surface area contributed by atoms with Crippen LogP contribution in [0, 0.1) is 5.92 Å². The number of imide groups is 1. The van der Waals surface area contributed by atoms with Gasteiger partial charge in [0.1, 0.15) is 0 Å². The lowest BCUT2D eigenvalue weighted by Gasteiger charge is -2.43. The Morgan fingerprint density at radius 2 is 1.35 bits per heavy atom. The molecule has 2 aliphatic heterocycles. The Morgan fingerprint density at radius 3 is 1.96 bits per heavy atom. The summed E-state index contributed by atoms with van der Waals surface area (Å²) in [5.41, 5.74) is 5.19. The minimum absolute atomic E-state index is 0.0205. The van der Waals surface area contributed by atoms with E-state index in [0.29, 0.717) is 17.7 Å². The highest BCUT2D eigenvalue weighted by atomic mass is 16.7. The fourth-order valence-corrected chi connectivity index (χ4v) is 6.29. The number of ether oxygens (including phenoxy) is 2. The zero-order valence-corrected chi connectivity index (χ0v) is 26.3. The number of rotatable bonds is 10. The van der Waals surface area contributed by atoms with E-state index in [0.717, 1.165) is 27.8 Å². The predicted molar refractivity (Wildman–Crippen MR) is 174 cm³/mol. The summed E-state index contributed by atoms with van der Waals surface area (Å²) in [5, 5.41) is 20.7. The third-order valence-electron chi connectivity index (χ3n) is 9.36. The molecule has 0 radical (unpaired) electrons. The molecule has 0 aliphatic carbocycles. The van der Waals surface area contributed by atoms with Gasteiger partial charge in [-0.25, -0.2) is 0 Å². The van der Waals surface area contributed by atoms with Gasteiger partial charge in [0.05, 0.1) is 42.6 Å². The van der Waals surface area contributed by atoms with Crippen molar-refractivity contribution < 1.29 is 29.3 Å². The highest BCUT2D eigenvalue weighted by Crippen LogP contribution is 2.42. The van der Waals surface area contributed by atoms with Crippen molar-refractivity contribution in [1.82, 2.24) is 9.80 Å². The van der Waals surface area contributed by atoms with E-state index in [-0.39, 0.29) is 49.1 Å². The molecule has 0 aromatic heterocycles. The van der Waals surface area contributed by atoms with E-state index < -0.39 is 12.4 Å². The summed E-state index contributed by atoms with van der Waals surface area (Å²) in [6.07, 6.45) is -1.83. The number of likely N-dealkylation sites (N-methyl/N-ethyl adjacent to an activating group) is 1. The Kier molecular flexibility index (Phi) is 9.44. The van der Waals surface area contributed by atoms with Gasteiger partial charge in [-0.2, -0.15) is 0 Å². The second-order valence-corrected chi connectivity index (χ2v) is 12.3. The van der Waals surface area contributed by atoms with E-state index in [1.165, 1.54) is 4.90 Å². The average Bonchev–Trinajstić information content (AvgIpc) is 3.34. The lowest BCUT2D eigenvalue weighted by atomic mass is 9.89. The van der Waals surface area contributed by atoms with Crippen LogP contribution in [0.4, 0.5) is 0 Å². The molecule has 2 amide bonds. The predicted octanol–water partition coefficient (Wildman–Crippen LogP) is 5.82. The first-order chi connectivity index (χ1) is 22.2. The van der Waals surface area contributed by atoms with Gasteiger partial charge in [-0.05, 0) is 48.4 Å². The Bertz CT molecular complexity index is 1620. The first-order valence-corrected chi connectivity index (χ1v) is 15.7. The number of fused-ring (bicyclic) bond motifs is 1. The van der Waals surface area contributed by atoms with Gasteiger partial charge in [-0.15, -0.1) is 0 Å². The normalized spacial score (nSPS) is 22.6. The van der Waals surface area contributed by atoms with Crippen molar-refractivity contribution in [2.45, 2.75) is 57.6 Å². The van der Waals surface area contributed by atoms with Crippen LogP contribution >= 0.6 is 0 Å². The van der Waals surface area contributed by atoms with Crippen molar-refractivity contribution in [3.8, 4) is 0 Å². The summed E-state index contributed by atoms with van der Waals surface area (Å²) in [4.78, 5) is 29.2. The molecule has 8 heteroatoms. The second-order valence-electron chi connectivity index (χ2n) is 12.3. The molecular formula is C38H40N2O6. The highest BCUT2D eigenvalue weighted by Gasteiger charge is 2.40. The second kappa shape index (κ2) is 13.7. The number of aliphatic hydroxyl groups excluding tert-OH is 2. The maximum Gasteiger partial charge on any atom is 0.261 e. The first kappa shape index (κ1) is 31.8. The van der Waals surface area contributed by atoms with Gasteiger partial charge in [0.25, 0.3) is 11.8 Å². The fraction of sp³-hybridized carbons (Fsp3) is 0.316. The summed E-state index contributed by atoms with van der Waals surface area (Å²) in [6.45, 7) is 4.83. The monoisotopic (exact) mass is 620 g/mol. The Morgan fingerprint density at radius 1 is 0.783 bits per heavy atom. The SMILES string of the molecule is C[C@@H]1[C@H](CN(C)[C@@H](C)[C@H](O)c2ccccc2)O[C@H](c2ccc(CN3C(=O)c4ccccc4C3=O)cc2)O[C@@H]1c1ccc(CO)cc1. The molecule has 0 saturated carbocycles. The maximum absolute atomic E-state index is 12.9. The number of carbonyl (C=O) groups is 2. The van der Waals surface area contributed by atoms with Gasteiger partial charge in [-0.3, -0.25) is 19.4 Å². The molecule has 46 heavy (non-hydrogen) atoms. The van der Waals surface area contributed by atoms with Gasteiger partial charge in [-0.1, -0.05) is 97.9 Å². The van der Waals surface area contributed by atoms with E-state index in [4.69, 9.17) is 9.47 Å². The molecule has 0 unspecified atom stereocenters. The Labute approximate surface area is 269 Å². The van der Waals surface area contributed by atoms with Crippen molar-refractivity contribution in [2.75, 3.05) is 13.6 Å². The summed E-state index contributed by atoms with van der Waals surface area (Å²) < 4.78 is 13.2. The minimum Gasteiger partial charge on any atom is -0.392 e. The number of hydrogen-bond donors (Lipinski definition) is 2. The molecule has 2 heterocycles. The standard InChI is InChI=1S/C38H40N2O6/c1-24-33(22-39(3)25(2)34(42)28-9-5-4-6-10-28)45-38(46-35(24)29-17-15-27(23-41)16-18-29)30-19-13-26(14-20-30)21-40-36(43)31-11-7-8-12-32(31)37(40)44/h4-20,24-25,33-35,38,41-42H,21-23H2,1-3H3/t24-,25+,33+,34+,35+,38+/m1/s1. The summed E-state index contributed by atoms with van der Waals surface area (Å²) in [5.74, 6) is -0.592. The summed E-state index contributed by atoms with van der Waals surface area (Å²) >= 11 is 0. The number of amides is 2. The lowest BCUT2D eigenvalue weighted by Crippen LogP contribution is -2.46. The van der Waals surface area contributed by atoms with Crippen LogP contribution in [0.1, 0.15) is 80.9 Å². The molecule has 2 aliphatic rings. The number of aliphatic hydroxyl groups is 2. The van der Waals surface area contributed by atoms with Crippen LogP contribution in [0.2, 0.25) is 0 Å². The molecule has 1 saturated heterocycles. The smallest absolute Gasteiger partial charge is 0.261 e. The molecule has 1 fully saturated rings. The highest BCUT2D eigenvalue weighted by molar-refractivity contribution is 6.21. The molecule has 2 N–H and O–H groups in total.